The maximum absolute atomic E-state index is 13.9. The minimum Gasteiger partial charge on any atom is -0.352 e. The van der Waals surface area contributed by atoms with Gasteiger partial charge in [-0.25, -0.2) is 4.39 Å². The minimum absolute atomic E-state index is 0.0583. The molecule has 1 heterocycles. The van der Waals surface area contributed by atoms with Crippen molar-refractivity contribution in [3.05, 3.63) is 77.4 Å². The lowest BCUT2D eigenvalue weighted by Gasteiger charge is -2.06. The molecule has 0 aliphatic heterocycles. The number of hydrogen-bond acceptors (Lipinski definition) is 3. The van der Waals surface area contributed by atoms with Gasteiger partial charge in [-0.3, -0.25) is 4.79 Å². The zero-order valence-corrected chi connectivity index (χ0v) is 13.2. The van der Waals surface area contributed by atoms with E-state index < -0.39 is 11.7 Å². The van der Waals surface area contributed by atoms with Crippen molar-refractivity contribution in [2.24, 2.45) is 0 Å². The summed E-state index contributed by atoms with van der Waals surface area (Å²) in [5.74, 6) is -0.906. The van der Waals surface area contributed by atoms with Crippen LogP contribution in [-0.4, -0.2) is 27.4 Å². The first-order valence-corrected chi connectivity index (χ1v) is 7.65. The van der Waals surface area contributed by atoms with Crippen molar-refractivity contribution in [3.8, 4) is 5.69 Å². The van der Waals surface area contributed by atoms with Crippen molar-refractivity contribution in [2.45, 2.75) is 13.3 Å². The van der Waals surface area contributed by atoms with Gasteiger partial charge >= 0.3 is 0 Å². The molecule has 0 fully saturated rings. The summed E-state index contributed by atoms with van der Waals surface area (Å²) in [6.07, 6.45) is 2.18. The van der Waals surface area contributed by atoms with E-state index in [-0.39, 0.29) is 5.56 Å². The van der Waals surface area contributed by atoms with E-state index >= 15 is 0 Å². The van der Waals surface area contributed by atoms with Crippen molar-refractivity contribution in [1.82, 2.24) is 20.3 Å². The number of carbonyl (C=O) groups is 1. The third-order valence-electron chi connectivity index (χ3n) is 3.63. The number of aryl methyl sites for hydroxylation is 1. The summed E-state index contributed by atoms with van der Waals surface area (Å²) in [7, 11) is 0. The van der Waals surface area contributed by atoms with E-state index in [1.807, 2.05) is 30.3 Å². The molecule has 1 amide bonds. The number of hydrogen-bond donors (Lipinski definition) is 1. The Morgan fingerprint density at radius 1 is 1.17 bits per heavy atom. The lowest BCUT2D eigenvalue weighted by atomic mass is 10.1. The second-order valence-electron chi connectivity index (χ2n) is 5.40. The van der Waals surface area contributed by atoms with Gasteiger partial charge in [0, 0.05) is 13.0 Å². The fourth-order valence-electron chi connectivity index (χ4n) is 2.32. The Labute approximate surface area is 139 Å². The molecule has 1 N–H and O–H groups in total. The van der Waals surface area contributed by atoms with Gasteiger partial charge in [-0.15, -0.1) is 0 Å². The molecule has 2 aromatic carbocycles. The quantitative estimate of drug-likeness (QED) is 0.785. The zero-order valence-electron chi connectivity index (χ0n) is 13.2. The van der Waals surface area contributed by atoms with Gasteiger partial charge in [0.25, 0.3) is 5.91 Å². The summed E-state index contributed by atoms with van der Waals surface area (Å²) in [4.78, 5) is 13.6. The van der Waals surface area contributed by atoms with E-state index in [0.717, 1.165) is 11.4 Å². The molecular formula is C18H17FN4O. The van der Waals surface area contributed by atoms with Crippen molar-refractivity contribution in [1.29, 1.82) is 0 Å². The average Bonchev–Trinajstić information content (AvgIpc) is 3.07. The second-order valence-corrected chi connectivity index (χ2v) is 5.40. The van der Waals surface area contributed by atoms with Crippen molar-refractivity contribution in [2.75, 3.05) is 6.54 Å². The summed E-state index contributed by atoms with van der Waals surface area (Å²) < 4.78 is 13.9. The SMILES string of the molecule is Cc1cccc(C(=O)NCCc2cnn(-c3ccccc3)n2)c1F. The summed E-state index contributed by atoms with van der Waals surface area (Å²) in [6, 6.07) is 14.3. The smallest absolute Gasteiger partial charge is 0.254 e. The number of halogens is 1. The van der Waals surface area contributed by atoms with Gasteiger partial charge in [-0.05, 0) is 30.7 Å². The molecule has 5 nitrogen and oxygen atoms in total. The molecule has 0 saturated carbocycles. The molecule has 0 atom stereocenters. The molecule has 0 aliphatic rings. The molecule has 6 heteroatoms. The standard InChI is InChI=1S/C18H17FN4O/c1-13-6-5-9-16(17(13)19)18(24)20-11-10-14-12-21-23(22-14)15-7-3-2-4-8-15/h2-9,12H,10-11H2,1H3,(H,20,24). The molecule has 24 heavy (non-hydrogen) atoms. The molecule has 3 rings (SSSR count). The highest BCUT2D eigenvalue weighted by atomic mass is 19.1. The highest BCUT2D eigenvalue weighted by Crippen LogP contribution is 2.11. The van der Waals surface area contributed by atoms with Gasteiger partial charge in [0.05, 0.1) is 23.1 Å². The molecular weight excluding hydrogens is 307 g/mol. The number of para-hydroxylation sites is 1. The fraction of sp³-hybridized carbons (Fsp3) is 0.167. The number of nitrogens with one attached hydrogen (secondary N) is 1. The topological polar surface area (TPSA) is 59.8 Å². The van der Waals surface area contributed by atoms with Crippen LogP contribution >= 0.6 is 0 Å². The Bertz CT molecular complexity index is 845. The van der Waals surface area contributed by atoms with Crippen LogP contribution in [-0.2, 0) is 6.42 Å². The minimum atomic E-state index is -0.481. The number of carbonyl (C=O) groups excluding carboxylic acids is 1. The van der Waals surface area contributed by atoms with Crippen LogP contribution in [0.4, 0.5) is 4.39 Å². The number of benzene rings is 2. The van der Waals surface area contributed by atoms with E-state index in [4.69, 9.17) is 0 Å². The van der Waals surface area contributed by atoms with Crippen LogP contribution < -0.4 is 5.32 Å². The Hall–Kier alpha value is -3.02. The Kier molecular flexibility index (Phi) is 4.65. The number of rotatable bonds is 5. The van der Waals surface area contributed by atoms with E-state index in [0.29, 0.717) is 18.5 Å². The summed E-state index contributed by atoms with van der Waals surface area (Å²) in [5.41, 5.74) is 2.13. The largest absolute Gasteiger partial charge is 0.352 e. The van der Waals surface area contributed by atoms with Crippen LogP contribution in [0, 0.1) is 12.7 Å². The highest BCUT2D eigenvalue weighted by Gasteiger charge is 2.12. The van der Waals surface area contributed by atoms with Gasteiger partial charge < -0.3 is 5.32 Å². The highest BCUT2D eigenvalue weighted by molar-refractivity contribution is 5.94. The monoisotopic (exact) mass is 324 g/mol. The molecule has 0 saturated heterocycles. The maximum Gasteiger partial charge on any atom is 0.254 e. The van der Waals surface area contributed by atoms with Crippen LogP contribution in [0.1, 0.15) is 21.6 Å². The molecule has 0 bridgehead atoms. The molecule has 0 spiro atoms. The van der Waals surface area contributed by atoms with Gasteiger partial charge in [0.1, 0.15) is 5.82 Å². The Morgan fingerprint density at radius 3 is 2.75 bits per heavy atom. The molecule has 1 aromatic heterocycles. The normalized spacial score (nSPS) is 10.6. The molecule has 3 aromatic rings. The number of aromatic nitrogens is 3. The van der Waals surface area contributed by atoms with Crippen molar-refractivity contribution >= 4 is 5.91 Å². The molecule has 0 aliphatic carbocycles. The zero-order chi connectivity index (χ0) is 16.9. The first-order valence-electron chi connectivity index (χ1n) is 7.65. The van der Waals surface area contributed by atoms with E-state index in [1.165, 1.54) is 10.9 Å². The number of nitrogens with zero attached hydrogens (tertiary/aromatic N) is 3. The summed E-state index contributed by atoms with van der Waals surface area (Å²) >= 11 is 0. The summed E-state index contributed by atoms with van der Waals surface area (Å²) in [6.45, 7) is 1.99. The van der Waals surface area contributed by atoms with Crippen molar-refractivity contribution < 1.29 is 9.18 Å². The van der Waals surface area contributed by atoms with Crippen molar-refractivity contribution in [3.63, 3.8) is 0 Å². The predicted molar refractivity (Wildman–Crippen MR) is 88.5 cm³/mol. The lowest BCUT2D eigenvalue weighted by molar-refractivity contribution is 0.0950. The van der Waals surface area contributed by atoms with E-state index in [2.05, 4.69) is 15.5 Å². The first kappa shape index (κ1) is 15.9. The molecule has 0 radical (unpaired) electrons. The summed E-state index contributed by atoms with van der Waals surface area (Å²) in [5, 5.41) is 11.3. The van der Waals surface area contributed by atoms with Crippen LogP contribution in [0.3, 0.4) is 0 Å². The maximum atomic E-state index is 13.9. The predicted octanol–water partition coefficient (Wildman–Crippen LogP) is 2.69. The second kappa shape index (κ2) is 7.04. The van der Waals surface area contributed by atoms with Crippen LogP contribution in [0.15, 0.2) is 54.7 Å². The van der Waals surface area contributed by atoms with E-state index in [1.54, 1.807) is 25.3 Å². The van der Waals surface area contributed by atoms with Crippen LogP contribution in [0.5, 0.6) is 0 Å². The van der Waals surface area contributed by atoms with E-state index in [9.17, 15) is 9.18 Å². The third-order valence-corrected chi connectivity index (χ3v) is 3.63. The van der Waals surface area contributed by atoms with Gasteiger partial charge in [-0.2, -0.15) is 15.0 Å². The Balaban J connectivity index is 1.58. The third kappa shape index (κ3) is 3.48. The van der Waals surface area contributed by atoms with Gasteiger partial charge in [0.15, 0.2) is 0 Å². The lowest BCUT2D eigenvalue weighted by Crippen LogP contribution is -2.26. The fourth-order valence-corrected chi connectivity index (χ4v) is 2.32. The molecule has 0 unspecified atom stereocenters. The molecule has 122 valence electrons. The Morgan fingerprint density at radius 2 is 1.96 bits per heavy atom. The van der Waals surface area contributed by atoms with Crippen LogP contribution in [0.25, 0.3) is 5.69 Å². The first-order chi connectivity index (χ1) is 11.6. The number of amides is 1. The average molecular weight is 324 g/mol. The van der Waals surface area contributed by atoms with Gasteiger partial charge in [-0.1, -0.05) is 30.3 Å². The van der Waals surface area contributed by atoms with Gasteiger partial charge in [0.2, 0.25) is 0 Å². The van der Waals surface area contributed by atoms with Crippen LogP contribution in [0.2, 0.25) is 0 Å².